The van der Waals surface area contributed by atoms with E-state index in [0.717, 1.165) is 43.8 Å². The third-order valence-electron chi connectivity index (χ3n) is 3.44. The van der Waals surface area contributed by atoms with E-state index in [-0.39, 0.29) is 0 Å². The fraction of sp³-hybridized carbons (Fsp3) is 0.462. The van der Waals surface area contributed by atoms with Crippen molar-refractivity contribution in [2.24, 2.45) is 5.92 Å². The molecule has 1 saturated heterocycles. The van der Waals surface area contributed by atoms with Crippen LogP contribution in [0.2, 0.25) is 0 Å². The quantitative estimate of drug-likeness (QED) is 0.861. The molecule has 1 aliphatic heterocycles. The lowest BCUT2D eigenvalue weighted by atomic mass is 9.96. The van der Waals surface area contributed by atoms with Crippen LogP contribution in [0, 0.1) is 5.92 Å². The Morgan fingerprint density at radius 1 is 1.41 bits per heavy atom. The lowest BCUT2D eigenvalue weighted by Gasteiger charge is -2.21. The van der Waals surface area contributed by atoms with Crippen LogP contribution in [0.4, 0.5) is 0 Å². The van der Waals surface area contributed by atoms with Gasteiger partial charge in [-0.3, -0.25) is 0 Å². The molecule has 0 saturated carbocycles. The number of hydrogen-bond acceptors (Lipinski definition) is 3. The number of nitrogens with zero attached hydrogens (tertiary/aromatic N) is 2. The molecule has 4 heteroatoms. The second-order valence-electron chi connectivity index (χ2n) is 4.58. The number of imidazole rings is 1. The Labute approximate surface area is 99.9 Å². The molecule has 0 amide bonds. The first-order valence-electron chi connectivity index (χ1n) is 6.06. The van der Waals surface area contributed by atoms with Gasteiger partial charge in [-0.25, -0.2) is 4.98 Å². The van der Waals surface area contributed by atoms with Crippen LogP contribution in [0.1, 0.15) is 18.7 Å². The summed E-state index contributed by atoms with van der Waals surface area (Å²) < 4.78 is 7.34. The normalized spacial score (nSPS) is 17.6. The predicted molar refractivity (Wildman–Crippen MR) is 64.1 cm³/mol. The van der Waals surface area contributed by atoms with Gasteiger partial charge in [0, 0.05) is 25.8 Å². The van der Waals surface area contributed by atoms with Crippen LogP contribution in [-0.2, 0) is 11.2 Å². The molecule has 0 atom stereocenters. The lowest BCUT2D eigenvalue weighted by Crippen LogP contribution is -2.18. The summed E-state index contributed by atoms with van der Waals surface area (Å²) in [6.45, 7) is 1.72. The van der Waals surface area contributed by atoms with Gasteiger partial charge in [0.05, 0.1) is 6.20 Å². The van der Waals surface area contributed by atoms with Crippen LogP contribution < -0.4 is 0 Å². The van der Waals surface area contributed by atoms with Gasteiger partial charge in [0.1, 0.15) is 17.1 Å². The molecule has 2 aromatic rings. The summed E-state index contributed by atoms with van der Waals surface area (Å²) >= 11 is 0. The zero-order chi connectivity index (χ0) is 11.7. The molecule has 3 rings (SSSR count). The van der Waals surface area contributed by atoms with Gasteiger partial charge in [0.2, 0.25) is 0 Å². The van der Waals surface area contributed by atoms with E-state index in [1.54, 1.807) is 12.3 Å². The minimum Gasteiger partial charge on any atom is -0.506 e. The zero-order valence-electron chi connectivity index (χ0n) is 9.67. The predicted octanol–water partition coefficient (Wildman–Crippen LogP) is 2.01. The standard InChI is InChI=1S/C13H16N2O2/c16-12-2-1-5-15-11(12)9-14-13(15)8-10-3-6-17-7-4-10/h1-2,5,9-10,16H,3-4,6-8H2. The van der Waals surface area contributed by atoms with Gasteiger partial charge in [-0.1, -0.05) is 0 Å². The summed E-state index contributed by atoms with van der Waals surface area (Å²) in [6, 6.07) is 3.53. The molecular formula is C13H16N2O2. The van der Waals surface area contributed by atoms with Crippen molar-refractivity contribution < 1.29 is 9.84 Å². The summed E-state index contributed by atoms with van der Waals surface area (Å²) in [4.78, 5) is 4.41. The molecule has 90 valence electrons. The maximum Gasteiger partial charge on any atom is 0.141 e. The molecular weight excluding hydrogens is 216 g/mol. The smallest absolute Gasteiger partial charge is 0.141 e. The van der Waals surface area contributed by atoms with Crippen molar-refractivity contribution in [3.63, 3.8) is 0 Å². The van der Waals surface area contributed by atoms with Crippen molar-refractivity contribution in [1.82, 2.24) is 9.38 Å². The summed E-state index contributed by atoms with van der Waals surface area (Å²) in [5.41, 5.74) is 0.787. The van der Waals surface area contributed by atoms with E-state index >= 15 is 0 Å². The van der Waals surface area contributed by atoms with Crippen LogP contribution in [0.15, 0.2) is 24.5 Å². The summed E-state index contributed by atoms with van der Waals surface area (Å²) in [5, 5.41) is 9.71. The Balaban J connectivity index is 1.87. The molecule has 17 heavy (non-hydrogen) atoms. The molecule has 0 aliphatic carbocycles. The molecule has 0 bridgehead atoms. The number of pyridine rings is 1. The van der Waals surface area contributed by atoms with Gasteiger partial charge in [-0.15, -0.1) is 0 Å². The number of ether oxygens (including phenoxy) is 1. The lowest BCUT2D eigenvalue weighted by molar-refractivity contribution is 0.0659. The molecule has 0 unspecified atom stereocenters. The molecule has 4 nitrogen and oxygen atoms in total. The van der Waals surface area contributed by atoms with E-state index in [4.69, 9.17) is 4.74 Å². The maximum absolute atomic E-state index is 9.71. The first-order chi connectivity index (χ1) is 8.34. The highest BCUT2D eigenvalue weighted by molar-refractivity contribution is 5.58. The molecule has 3 heterocycles. The first-order valence-corrected chi connectivity index (χ1v) is 6.06. The minimum absolute atomic E-state index is 0.290. The van der Waals surface area contributed by atoms with Gasteiger partial charge in [0.15, 0.2) is 0 Å². The molecule has 0 radical (unpaired) electrons. The van der Waals surface area contributed by atoms with Gasteiger partial charge < -0.3 is 14.2 Å². The van der Waals surface area contributed by atoms with Crippen LogP contribution in [0.3, 0.4) is 0 Å². The van der Waals surface area contributed by atoms with Crippen molar-refractivity contribution in [1.29, 1.82) is 0 Å². The average molecular weight is 232 g/mol. The monoisotopic (exact) mass is 232 g/mol. The Morgan fingerprint density at radius 2 is 2.24 bits per heavy atom. The Hall–Kier alpha value is -1.55. The third kappa shape index (κ3) is 2.00. The highest BCUT2D eigenvalue weighted by Crippen LogP contribution is 2.23. The van der Waals surface area contributed by atoms with Gasteiger partial charge in [-0.05, 0) is 30.9 Å². The zero-order valence-corrected chi connectivity index (χ0v) is 9.67. The van der Waals surface area contributed by atoms with Crippen molar-refractivity contribution in [2.45, 2.75) is 19.3 Å². The van der Waals surface area contributed by atoms with Gasteiger partial charge >= 0.3 is 0 Å². The second-order valence-corrected chi connectivity index (χ2v) is 4.58. The van der Waals surface area contributed by atoms with Crippen LogP contribution in [0.25, 0.3) is 5.52 Å². The first kappa shape index (κ1) is 10.6. The fourth-order valence-corrected chi connectivity index (χ4v) is 2.42. The number of aromatic hydroxyl groups is 1. The minimum atomic E-state index is 0.290. The van der Waals surface area contributed by atoms with E-state index < -0.39 is 0 Å². The summed E-state index contributed by atoms with van der Waals surface area (Å²) in [7, 11) is 0. The highest BCUT2D eigenvalue weighted by Gasteiger charge is 2.17. The van der Waals surface area contributed by atoms with E-state index in [0.29, 0.717) is 11.7 Å². The number of fused-ring (bicyclic) bond motifs is 1. The number of hydrogen-bond donors (Lipinski definition) is 1. The Morgan fingerprint density at radius 3 is 3.06 bits per heavy atom. The van der Waals surface area contributed by atoms with Gasteiger partial charge in [0.25, 0.3) is 0 Å². The second kappa shape index (κ2) is 4.37. The van der Waals surface area contributed by atoms with Crippen molar-refractivity contribution in [3.05, 3.63) is 30.4 Å². The Kier molecular flexibility index (Phi) is 2.73. The number of aromatic nitrogens is 2. The topological polar surface area (TPSA) is 46.8 Å². The largest absolute Gasteiger partial charge is 0.506 e. The van der Waals surface area contributed by atoms with Crippen LogP contribution in [-0.4, -0.2) is 27.7 Å². The van der Waals surface area contributed by atoms with Crippen molar-refractivity contribution in [2.75, 3.05) is 13.2 Å². The highest BCUT2D eigenvalue weighted by atomic mass is 16.5. The van der Waals surface area contributed by atoms with E-state index in [2.05, 4.69) is 4.98 Å². The SMILES string of the molecule is Oc1cccn2c(CC3CCOCC3)ncc12. The van der Waals surface area contributed by atoms with E-state index in [1.807, 2.05) is 16.7 Å². The van der Waals surface area contributed by atoms with Crippen LogP contribution >= 0.6 is 0 Å². The maximum atomic E-state index is 9.71. The van der Waals surface area contributed by atoms with Crippen molar-refractivity contribution in [3.8, 4) is 5.75 Å². The molecule has 1 fully saturated rings. The average Bonchev–Trinajstić information content (AvgIpc) is 2.76. The summed E-state index contributed by atoms with van der Waals surface area (Å²) in [6.07, 6.45) is 6.86. The van der Waals surface area contributed by atoms with Gasteiger partial charge in [-0.2, -0.15) is 0 Å². The molecule has 0 aromatic carbocycles. The van der Waals surface area contributed by atoms with E-state index in [9.17, 15) is 5.11 Å². The summed E-state index contributed by atoms with van der Waals surface area (Å²) in [5.74, 6) is 1.97. The molecule has 2 aromatic heterocycles. The number of rotatable bonds is 2. The molecule has 1 aliphatic rings. The third-order valence-corrected chi connectivity index (χ3v) is 3.44. The molecule has 0 spiro atoms. The molecule has 1 N–H and O–H groups in total. The van der Waals surface area contributed by atoms with Crippen molar-refractivity contribution >= 4 is 5.52 Å². The Bertz CT molecular complexity index is 515. The van der Waals surface area contributed by atoms with E-state index in [1.165, 1.54) is 0 Å². The van der Waals surface area contributed by atoms with Crippen LogP contribution in [0.5, 0.6) is 5.75 Å². The fourth-order valence-electron chi connectivity index (χ4n) is 2.42.